The fourth-order valence-corrected chi connectivity index (χ4v) is 5.97. The Morgan fingerprint density at radius 2 is 1.89 bits per heavy atom. The Balaban J connectivity index is 1.84. The number of hydrogen-bond donors (Lipinski definition) is 1. The summed E-state index contributed by atoms with van der Waals surface area (Å²) in [5, 5.41) is 8.62. The van der Waals surface area contributed by atoms with Crippen LogP contribution >= 0.6 is 11.6 Å². The van der Waals surface area contributed by atoms with Gasteiger partial charge in [-0.25, -0.2) is 12.8 Å². The average molecular weight is 536 g/mol. The molecule has 1 aromatic heterocycles. The van der Waals surface area contributed by atoms with Crippen molar-refractivity contribution in [3.63, 3.8) is 0 Å². The highest BCUT2D eigenvalue weighted by atomic mass is 35.5. The number of fused-ring (bicyclic) bond motifs is 1. The Bertz CT molecular complexity index is 1410. The van der Waals surface area contributed by atoms with Crippen LogP contribution in [0.4, 0.5) is 10.1 Å². The maximum atomic E-state index is 15.3. The molecule has 1 amide bonds. The molecule has 0 fully saturated rings. The van der Waals surface area contributed by atoms with E-state index in [0.29, 0.717) is 23.0 Å². The van der Waals surface area contributed by atoms with Crippen LogP contribution in [0.1, 0.15) is 25.3 Å². The van der Waals surface area contributed by atoms with Crippen LogP contribution in [0.3, 0.4) is 0 Å². The van der Waals surface area contributed by atoms with Gasteiger partial charge < -0.3 is 20.0 Å². The molecule has 1 atom stereocenters. The number of nitrogens with two attached hydrogens (primary N) is 1. The van der Waals surface area contributed by atoms with E-state index in [1.54, 1.807) is 24.3 Å². The van der Waals surface area contributed by atoms with E-state index >= 15 is 4.39 Å². The third-order valence-electron chi connectivity index (χ3n) is 5.86. The molecule has 0 saturated heterocycles. The molecule has 2 aromatic carbocycles. The number of halogens is 2. The van der Waals surface area contributed by atoms with Gasteiger partial charge in [-0.2, -0.15) is 0 Å². The zero-order valence-electron chi connectivity index (χ0n) is 20.3. The summed E-state index contributed by atoms with van der Waals surface area (Å²) in [5.41, 5.74) is 5.98. The number of sulfone groups is 1. The SMILES string of the molecule is CN(C)CC(C)(C)c1nnc(-c2cc3c(cc2F)S(=O)(=O)C[C@H](N)C(=O)N3Cc2ccc(Cl)cc2)o1. The maximum absolute atomic E-state index is 15.3. The van der Waals surface area contributed by atoms with E-state index in [-0.39, 0.29) is 28.6 Å². The monoisotopic (exact) mass is 535 g/mol. The van der Waals surface area contributed by atoms with Gasteiger partial charge in [0.2, 0.25) is 11.8 Å². The quantitative estimate of drug-likeness (QED) is 0.511. The topological polar surface area (TPSA) is 123 Å². The number of hydrogen-bond acceptors (Lipinski definition) is 8. The maximum Gasteiger partial charge on any atom is 0.250 e. The Labute approximate surface area is 214 Å². The first-order valence-corrected chi connectivity index (χ1v) is 13.2. The van der Waals surface area contributed by atoms with Crippen LogP contribution in [0.5, 0.6) is 0 Å². The van der Waals surface area contributed by atoms with E-state index in [0.717, 1.165) is 6.07 Å². The van der Waals surface area contributed by atoms with Gasteiger partial charge in [-0.1, -0.05) is 23.7 Å². The van der Waals surface area contributed by atoms with Gasteiger partial charge >= 0.3 is 0 Å². The summed E-state index contributed by atoms with van der Waals surface area (Å²) >= 11 is 5.97. The normalized spacial score (nSPS) is 17.8. The molecule has 2 heterocycles. The molecule has 2 N–H and O–H groups in total. The lowest BCUT2D eigenvalue weighted by Gasteiger charge is -2.25. The predicted molar refractivity (Wildman–Crippen MR) is 134 cm³/mol. The molecule has 1 aliphatic rings. The van der Waals surface area contributed by atoms with E-state index in [4.69, 9.17) is 21.8 Å². The second kappa shape index (κ2) is 9.55. The zero-order valence-corrected chi connectivity index (χ0v) is 21.9. The molecule has 0 spiro atoms. The fourth-order valence-electron chi connectivity index (χ4n) is 4.28. The molecule has 12 heteroatoms. The van der Waals surface area contributed by atoms with Gasteiger partial charge in [0.1, 0.15) is 5.82 Å². The molecule has 0 radical (unpaired) electrons. The number of anilines is 1. The van der Waals surface area contributed by atoms with Crippen LogP contribution in [0.2, 0.25) is 5.02 Å². The van der Waals surface area contributed by atoms with Crippen molar-refractivity contribution in [3.8, 4) is 11.5 Å². The van der Waals surface area contributed by atoms with Gasteiger partial charge in [-0.3, -0.25) is 4.79 Å². The van der Waals surface area contributed by atoms with E-state index in [9.17, 15) is 13.2 Å². The lowest BCUT2D eigenvalue weighted by molar-refractivity contribution is -0.119. The largest absolute Gasteiger partial charge is 0.420 e. The molecule has 0 saturated carbocycles. The lowest BCUT2D eigenvalue weighted by Crippen LogP contribution is -2.45. The second-order valence-electron chi connectivity index (χ2n) is 9.77. The van der Waals surface area contributed by atoms with Gasteiger partial charge in [0.15, 0.2) is 9.84 Å². The number of rotatable bonds is 6. The fraction of sp³-hybridized carbons (Fsp3) is 0.375. The van der Waals surface area contributed by atoms with Crippen molar-refractivity contribution < 1.29 is 22.0 Å². The van der Waals surface area contributed by atoms with Crippen LogP contribution in [-0.4, -0.2) is 61.9 Å². The van der Waals surface area contributed by atoms with Crippen molar-refractivity contribution >= 4 is 33.0 Å². The van der Waals surface area contributed by atoms with Gasteiger partial charge in [-0.05, 0) is 57.8 Å². The molecular formula is C24H27ClFN5O4S. The third-order valence-corrected chi connectivity index (χ3v) is 7.90. The standard InChI is InChI=1S/C24H27ClFN5O4S/c1-24(2,13-30(3)4)23-29-28-21(35-23)16-9-19-20(10-17(16)26)36(33,34)12-18(27)22(32)31(19)11-14-5-7-15(25)8-6-14/h5-10,18H,11-13,27H2,1-4H3/t18-/m0/s1. The van der Waals surface area contributed by atoms with E-state index < -0.39 is 38.8 Å². The molecule has 0 bridgehead atoms. The molecule has 4 rings (SSSR count). The highest BCUT2D eigenvalue weighted by Crippen LogP contribution is 2.37. The molecule has 0 unspecified atom stereocenters. The van der Waals surface area contributed by atoms with Crippen LogP contribution in [0.25, 0.3) is 11.5 Å². The first-order valence-electron chi connectivity index (χ1n) is 11.2. The van der Waals surface area contributed by atoms with E-state index in [1.807, 2.05) is 32.8 Å². The third kappa shape index (κ3) is 5.15. The average Bonchev–Trinajstić information content (AvgIpc) is 3.26. The Hall–Kier alpha value is -2.86. The number of aromatic nitrogens is 2. The van der Waals surface area contributed by atoms with Crippen LogP contribution in [0.15, 0.2) is 45.7 Å². The van der Waals surface area contributed by atoms with Gasteiger partial charge in [-0.15, -0.1) is 10.2 Å². The first kappa shape index (κ1) is 26.2. The van der Waals surface area contributed by atoms with E-state index in [1.165, 1.54) is 11.0 Å². The van der Waals surface area contributed by atoms with Crippen molar-refractivity contribution in [3.05, 3.63) is 58.7 Å². The van der Waals surface area contributed by atoms with Crippen molar-refractivity contribution in [2.45, 2.75) is 36.7 Å². The van der Waals surface area contributed by atoms with Crippen molar-refractivity contribution in [1.29, 1.82) is 0 Å². The highest BCUT2D eigenvalue weighted by Gasteiger charge is 2.38. The predicted octanol–water partition coefficient (Wildman–Crippen LogP) is 3.02. The van der Waals surface area contributed by atoms with Crippen molar-refractivity contribution in [1.82, 2.24) is 15.1 Å². The van der Waals surface area contributed by atoms with E-state index in [2.05, 4.69) is 10.2 Å². The number of carbonyl (C=O) groups excluding carboxylic acids is 1. The molecule has 36 heavy (non-hydrogen) atoms. The molecule has 1 aliphatic heterocycles. The summed E-state index contributed by atoms with van der Waals surface area (Å²) in [4.78, 5) is 16.1. The summed E-state index contributed by atoms with van der Waals surface area (Å²) in [7, 11) is -0.256. The zero-order chi connectivity index (χ0) is 26.4. The van der Waals surface area contributed by atoms with Gasteiger partial charge in [0.05, 0.1) is 39.9 Å². The number of amides is 1. The summed E-state index contributed by atoms with van der Waals surface area (Å²) < 4.78 is 47.2. The van der Waals surface area contributed by atoms with Crippen LogP contribution < -0.4 is 10.6 Å². The second-order valence-corrected chi connectivity index (χ2v) is 12.2. The lowest BCUT2D eigenvalue weighted by atomic mass is 9.93. The first-order chi connectivity index (χ1) is 16.8. The minimum absolute atomic E-state index is 0.00223. The molecule has 9 nitrogen and oxygen atoms in total. The van der Waals surface area contributed by atoms with Crippen LogP contribution in [0, 0.1) is 5.82 Å². The molecule has 192 valence electrons. The number of nitrogens with zero attached hydrogens (tertiary/aromatic N) is 4. The molecule has 3 aromatic rings. The van der Waals surface area contributed by atoms with Gasteiger partial charge in [0.25, 0.3) is 5.89 Å². The van der Waals surface area contributed by atoms with Gasteiger partial charge in [0, 0.05) is 11.6 Å². The molecule has 0 aliphatic carbocycles. The smallest absolute Gasteiger partial charge is 0.250 e. The van der Waals surface area contributed by atoms with Crippen LogP contribution in [-0.2, 0) is 26.6 Å². The summed E-state index contributed by atoms with van der Waals surface area (Å²) in [5.74, 6) is -1.94. The van der Waals surface area contributed by atoms with Crippen molar-refractivity contribution in [2.75, 3.05) is 31.3 Å². The summed E-state index contributed by atoms with van der Waals surface area (Å²) in [6, 6.07) is 7.55. The minimum atomic E-state index is -4.07. The highest BCUT2D eigenvalue weighted by molar-refractivity contribution is 7.91. The minimum Gasteiger partial charge on any atom is -0.420 e. The Morgan fingerprint density at radius 3 is 2.53 bits per heavy atom. The number of benzene rings is 2. The number of likely N-dealkylation sites (N-methyl/N-ethyl adjacent to an activating group) is 1. The number of carbonyl (C=O) groups is 1. The Kier molecular flexibility index (Phi) is 6.95. The molecular weight excluding hydrogens is 509 g/mol. The van der Waals surface area contributed by atoms with Crippen molar-refractivity contribution in [2.24, 2.45) is 5.73 Å². The summed E-state index contributed by atoms with van der Waals surface area (Å²) in [6.45, 7) is 4.43. The summed E-state index contributed by atoms with van der Waals surface area (Å²) in [6.07, 6.45) is 0. The Morgan fingerprint density at radius 1 is 1.22 bits per heavy atom.